The molecule has 1 fully saturated rings. The van der Waals surface area contributed by atoms with Crippen LogP contribution in [0.4, 0.5) is 17.3 Å². The number of likely N-dealkylation sites (N-methyl/N-ethyl adjacent to an activating group) is 1. The fraction of sp³-hybridized carbons (Fsp3) is 0.538. The van der Waals surface area contributed by atoms with Crippen LogP contribution in [0.2, 0.25) is 0 Å². The van der Waals surface area contributed by atoms with E-state index in [1.807, 2.05) is 10.7 Å². The van der Waals surface area contributed by atoms with E-state index in [0.29, 0.717) is 29.6 Å². The Balaban J connectivity index is 1.28. The van der Waals surface area contributed by atoms with Crippen LogP contribution in [0.1, 0.15) is 55.5 Å². The first-order valence-corrected chi connectivity index (χ1v) is 13.1. The Morgan fingerprint density at radius 1 is 1.05 bits per heavy atom. The standard InChI is InChI=1S/C26H36N10O2/c1-26(2,3)21-14-27-20(13-28-21)24(37)29-17-7-6-8-35(15-17)23-12-19(25(38)34(5)32-23)30-22-11-18-16-33(4)9-10-36(18)31-22/h11-14,17H,6-10,15-16H2,1-5H3,(H,29,37)(H,30,31)/t17-/m1/s1. The van der Waals surface area contributed by atoms with E-state index in [-0.39, 0.29) is 22.9 Å². The molecule has 0 bridgehead atoms. The van der Waals surface area contributed by atoms with E-state index in [0.717, 1.165) is 50.4 Å². The highest BCUT2D eigenvalue weighted by atomic mass is 16.2. The van der Waals surface area contributed by atoms with Crippen LogP contribution in [-0.2, 0) is 25.6 Å². The fourth-order valence-corrected chi connectivity index (χ4v) is 4.83. The number of aryl methyl sites for hydroxylation is 1. The van der Waals surface area contributed by atoms with E-state index in [9.17, 15) is 9.59 Å². The molecule has 2 aliphatic heterocycles. The summed E-state index contributed by atoms with van der Waals surface area (Å²) in [5.41, 5.74) is 2.32. The van der Waals surface area contributed by atoms with Gasteiger partial charge in [-0.3, -0.25) is 24.2 Å². The summed E-state index contributed by atoms with van der Waals surface area (Å²) in [5, 5.41) is 15.4. The number of nitrogens with one attached hydrogen (secondary N) is 2. The molecule has 2 N–H and O–H groups in total. The zero-order valence-electron chi connectivity index (χ0n) is 22.7. The molecule has 5 heterocycles. The van der Waals surface area contributed by atoms with Gasteiger partial charge in [-0.05, 0) is 19.9 Å². The van der Waals surface area contributed by atoms with Crippen molar-refractivity contribution >= 4 is 23.2 Å². The highest BCUT2D eigenvalue weighted by Gasteiger charge is 2.25. The van der Waals surface area contributed by atoms with Crippen molar-refractivity contribution in [1.82, 2.24) is 39.7 Å². The number of carbonyl (C=O) groups is 1. The molecule has 0 spiro atoms. The van der Waals surface area contributed by atoms with E-state index in [2.05, 4.69) is 68.4 Å². The van der Waals surface area contributed by atoms with Crippen molar-refractivity contribution in [3.05, 3.63) is 52.0 Å². The largest absolute Gasteiger partial charge is 0.353 e. The molecule has 38 heavy (non-hydrogen) atoms. The summed E-state index contributed by atoms with van der Waals surface area (Å²) in [6.07, 6.45) is 4.93. The van der Waals surface area contributed by atoms with Gasteiger partial charge < -0.3 is 15.5 Å². The van der Waals surface area contributed by atoms with Gasteiger partial charge in [-0.1, -0.05) is 20.8 Å². The maximum atomic E-state index is 12.9. The van der Waals surface area contributed by atoms with Crippen LogP contribution in [-0.4, -0.2) is 73.1 Å². The molecule has 3 aromatic heterocycles. The molecule has 0 aliphatic carbocycles. The van der Waals surface area contributed by atoms with Crippen molar-refractivity contribution in [1.29, 1.82) is 0 Å². The summed E-state index contributed by atoms with van der Waals surface area (Å²) in [7, 11) is 3.73. The normalized spacial score (nSPS) is 18.2. The summed E-state index contributed by atoms with van der Waals surface area (Å²) in [4.78, 5) is 38.8. The van der Waals surface area contributed by atoms with Crippen molar-refractivity contribution in [3.63, 3.8) is 0 Å². The zero-order valence-corrected chi connectivity index (χ0v) is 22.7. The number of fused-ring (bicyclic) bond motifs is 1. The maximum Gasteiger partial charge on any atom is 0.290 e. The lowest BCUT2D eigenvalue weighted by molar-refractivity contribution is 0.0927. The highest BCUT2D eigenvalue weighted by molar-refractivity contribution is 5.92. The number of anilines is 3. The van der Waals surface area contributed by atoms with Crippen molar-refractivity contribution < 1.29 is 4.79 Å². The van der Waals surface area contributed by atoms with E-state index in [1.165, 1.54) is 10.9 Å². The molecule has 12 heteroatoms. The van der Waals surface area contributed by atoms with Crippen LogP contribution < -0.4 is 21.1 Å². The summed E-state index contributed by atoms with van der Waals surface area (Å²) >= 11 is 0. The molecule has 12 nitrogen and oxygen atoms in total. The first-order valence-electron chi connectivity index (χ1n) is 13.1. The minimum absolute atomic E-state index is 0.0763. The molecule has 3 aromatic rings. The Kier molecular flexibility index (Phi) is 6.91. The number of nitrogens with zero attached hydrogens (tertiary/aromatic N) is 8. The van der Waals surface area contributed by atoms with E-state index in [1.54, 1.807) is 19.3 Å². The lowest BCUT2D eigenvalue weighted by atomic mass is 9.93. The van der Waals surface area contributed by atoms with Gasteiger partial charge in [0.05, 0.1) is 24.1 Å². The third kappa shape index (κ3) is 5.54. The third-order valence-corrected chi connectivity index (χ3v) is 7.04. The Labute approximate surface area is 222 Å². The van der Waals surface area contributed by atoms with Gasteiger partial charge >= 0.3 is 0 Å². The van der Waals surface area contributed by atoms with Crippen molar-refractivity contribution in [2.24, 2.45) is 7.05 Å². The lowest BCUT2D eigenvalue weighted by Crippen LogP contribution is -2.48. The van der Waals surface area contributed by atoms with Gasteiger partial charge in [0.1, 0.15) is 11.4 Å². The highest BCUT2D eigenvalue weighted by Crippen LogP contribution is 2.23. The molecule has 1 saturated heterocycles. The van der Waals surface area contributed by atoms with Crippen LogP contribution in [0.3, 0.4) is 0 Å². The molecule has 0 unspecified atom stereocenters. The number of hydrogen-bond donors (Lipinski definition) is 2. The molecule has 0 saturated carbocycles. The average molecular weight is 521 g/mol. The minimum atomic E-state index is -0.241. The first kappa shape index (κ1) is 25.8. The molecule has 0 aromatic carbocycles. The second-order valence-corrected chi connectivity index (χ2v) is 11.2. The summed E-state index contributed by atoms with van der Waals surface area (Å²) < 4.78 is 3.32. The fourth-order valence-electron chi connectivity index (χ4n) is 4.83. The number of carbonyl (C=O) groups excluding carboxylic acids is 1. The number of amides is 1. The lowest BCUT2D eigenvalue weighted by Gasteiger charge is -2.34. The van der Waals surface area contributed by atoms with Crippen LogP contribution >= 0.6 is 0 Å². The Morgan fingerprint density at radius 2 is 1.87 bits per heavy atom. The average Bonchev–Trinajstić information content (AvgIpc) is 3.27. The summed E-state index contributed by atoms with van der Waals surface area (Å²) in [5.74, 6) is 1.08. The van der Waals surface area contributed by atoms with Gasteiger partial charge in [0.25, 0.3) is 11.5 Å². The molecule has 2 aliphatic rings. The van der Waals surface area contributed by atoms with E-state index < -0.39 is 0 Å². The Morgan fingerprint density at radius 3 is 2.61 bits per heavy atom. The molecular formula is C26H36N10O2. The van der Waals surface area contributed by atoms with Gasteiger partial charge in [0, 0.05) is 63.0 Å². The molecule has 1 amide bonds. The minimum Gasteiger partial charge on any atom is -0.353 e. The molecular weight excluding hydrogens is 484 g/mol. The topological polar surface area (TPSA) is 126 Å². The predicted octanol–water partition coefficient (Wildman–Crippen LogP) is 1.65. The molecule has 1 atom stereocenters. The number of piperidine rings is 1. The van der Waals surface area contributed by atoms with Gasteiger partial charge in [0.15, 0.2) is 11.6 Å². The second-order valence-electron chi connectivity index (χ2n) is 11.2. The zero-order chi connectivity index (χ0) is 27.0. The van der Waals surface area contributed by atoms with Gasteiger partial charge in [-0.25, -0.2) is 9.67 Å². The smallest absolute Gasteiger partial charge is 0.290 e. The van der Waals surface area contributed by atoms with Crippen molar-refractivity contribution in [3.8, 4) is 0 Å². The van der Waals surface area contributed by atoms with Gasteiger partial charge in [-0.15, -0.1) is 0 Å². The summed E-state index contributed by atoms with van der Waals surface area (Å²) in [6, 6.07) is 3.68. The van der Waals surface area contributed by atoms with Crippen LogP contribution in [0.5, 0.6) is 0 Å². The number of rotatable bonds is 5. The predicted molar refractivity (Wildman–Crippen MR) is 145 cm³/mol. The van der Waals surface area contributed by atoms with Crippen molar-refractivity contribution in [2.45, 2.75) is 58.2 Å². The molecule has 5 rings (SSSR count). The molecule has 202 valence electrons. The van der Waals surface area contributed by atoms with Gasteiger partial charge in [-0.2, -0.15) is 10.2 Å². The molecule has 0 radical (unpaired) electrons. The number of hydrogen-bond acceptors (Lipinski definition) is 9. The monoisotopic (exact) mass is 520 g/mol. The van der Waals surface area contributed by atoms with Crippen LogP contribution in [0.15, 0.2) is 29.3 Å². The number of aromatic nitrogens is 6. The van der Waals surface area contributed by atoms with Crippen molar-refractivity contribution in [2.75, 3.05) is 36.9 Å². The maximum absolute atomic E-state index is 12.9. The van der Waals surface area contributed by atoms with E-state index in [4.69, 9.17) is 0 Å². The summed E-state index contributed by atoms with van der Waals surface area (Å²) in [6.45, 7) is 10.1. The SMILES string of the molecule is CN1CCn2nc(Nc3cc(N4CCC[C@@H](NC(=O)c5cnc(C(C)(C)C)cn5)C4)nn(C)c3=O)cc2C1. The van der Waals surface area contributed by atoms with Crippen LogP contribution in [0.25, 0.3) is 0 Å². The Hall–Kier alpha value is -3.80. The first-order chi connectivity index (χ1) is 18.1. The Bertz CT molecular complexity index is 1370. The third-order valence-electron chi connectivity index (χ3n) is 7.04. The quantitative estimate of drug-likeness (QED) is 0.516. The van der Waals surface area contributed by atoms with Gasteiger partial charge in [0.2, 0.25) is 0 Å². The van der Waals surface area contributed by atoms with E-state index >= 15 is 0 Å². The van der Waals surface area contributed by atoms with Crippen LogP contribution in [0, 0.1) is 0 Å². The second kappa shape index (κ2) is 10.2.